The fraction of sp³-hybridized carbons (Fsp3) is 0.185. The van der Waals surface area contributed by atoms with Crippen LogP contribution in [0.2, 0.25) is 5.02 Å². The van der Waals surface area contributed by atoms with Crippen LogP contribution >= 0.6 is 23.4 Å². The number of pyridine rings is 1. The molecule has 2 N–H and O–H groups in total. The third kappa shape index (κ3) is 5.47. The van der Waals surface area contributed by atoms with Gasteiger partial charge in [-0.15, -0.1) is 5.10 Å². The summed E-state index contributed by atoms with van der Waals surface area (Å²) in [6, 6.07) is 18.4. The third-order valence-corrected chi connectivity index (χ3v) is 7.09. The van der Waals surface area contributed by atoms with Crippen molar-refractivity contribution >= 4 is 40.9 Å². The number of benzene rings is 2. The van der Waals surface area contributed by atoms with Crippen molar-refractivity contribution in [1.29, 1.82) is 0 Å². The van der Waals surface area contributed by atoms with Crippen molar-refractivity contribution < 1.29 is 9.53 Å². The fourth-order valence-electron chi connectivity index (χ4n) is 4.10. The monoisotopic (exact) mass is 532 g/mol. The minimum atomic E-state index is -0.490. The molecule has 8 nitrogen and oxygen atoms in total. The molecule has 10 heteroatoms. The molecule has 0 bridgehead atoms. The molecule has 0 radical (unpaired) electrons. The second-order valence-electron chi connectivity index (χ2n) is 8.30. The SMILES string of the molecule is CCOc1ccc([C@@H]2C(C(=O)Nc3ccncc3)=C(C)Nc3nc(SCc4ccccc4Cl)nn32)cc1. The molecule has 5 rings (SSSR count). The molecule has 4 aromatic rings. The van der Waals surface area contributed by atoms with Gasteiger partial charge in [-0.1, -0.05) is 53.7 Å². The molecule has 0 aliphatic carbocycles. The second-order valence-corrected chi connectivity index (χ2v) is 9.65. The first-order valence-corrected chi connectivity index (χ1v) is 13.1. The van der Waals surface area contributed by atoms with E-state index in [0.717, 1.165) is 16.9 Å². The lowest BCUT2D eigenvalue weighted by Crippen LogP contribution is -2.31. The van der Waals surface area contributed by atoms with Gasteiger partial charge in [0.1, 0.15) is 11.8 Å². The van der Waals surface area contributed by atoms with Crippen LogP contribution in [-0.2, 0) is 10.5 Å². The first-order chi connectivity index (χ1) is 18.0. The maximum absolute atomic E-state index is 13.6. The van der Waals surface area contributed by atoms with Gasteiger partial charge in [-0.25, -0.2) is 4.68 Å². The van der Waals surface area contributed by atoms with E-state index < -0.39 is 6.04 Å². The maximum atomic E-state index is 13.6. The summed E-state index contributed by atoms with van der Waals surface area (Å²) in [5, 5.41) is 12.3. The summed E-state index contributed by atoms with van der Waals surface area (Å²) in [7, 11) is 0. The highest BCUT2D eigenvalue weighted by molar-refractivity contribution is 7.98. The summed E-state index contributed by atoms with van der Waals surface area (Å²) in [6.45, 7) is 4.39. The Morgan fingerprint density at radius 2 is 1.89 bits per heavy atom. The fourth-order valence-corrected chi connectivity index (χ4v) is 5.21. The molecule has 0 saturated heterocycles. The van der Waals surface area contributed by atoms with Crippen molar-refractivity contribution in [1.82, 2.24) is 19.7 Å². The summed E-state index contributed by atoms with van der Waals surface area (Å²) in [5.41, 5.74) is 3.79. The Hall–Kier alpha value is -3.82. The summed E-state index contributed by atoms with van der Waals surface area (Å²) in [5.74, 6) is 1.72. The zero-order chi connectivity index (χ0) is 25.8. The highest BCUT2D eigenvalue weighted by Gasteiger charge is 2.34. The molecule has 1 atom stereocenters. The van der Waals surface area contributed by atoms with Crippen molar-refractivity contribution in [2.45, 2.75) is 30.8 Å². The Balaban J connectivity index is 1.49. The molecule has 1 aliphatic heterocycles. The van der Waals surface area contributed by atoms with Crippen LogP contribution in [0.3, 0.4) is 0 Å². The number of ether oxygens (including phenoxy) is 1. The van der Waals surface area contributed by atoms with E-state index in [1.54, 1.807) is 29.2 Å². The zero-order valence-corrected chi connectivity index (χ0v) is 21.9. The number of thioether (sulfide) groups is 1. The van der Waals surface area contributed by atoms with Crippen LogP contribution in [0.25, 0.3) is 0 Å². The normalized spacial score (nSPS) is 14.6. The number of nitrogens with one attached hydrogen (secondary N) is 2. The number of amides is 1. The Kier molecular flexibility index (Phi) is 7.43. The first-order valence-electron chi connectivity index (χ1n) is 11.8. The van der Waals surface area contributed by atoms with Gasteiger partial charge in [-0.3, -0.25) is 9.78 Å². The highest BCUT2D eigenvalue weighted by Crippen LogP contribution is 2.37. The minimum Gasteiger partial charge on any atom is -0.494 e. The van der Waals surface area contributed by atoms with E-state index in [1.165, 1.54) is 11.8 Å². The smallest absolute Gasteiger partial charge is 0.255 e. The van der Waals surface area contributed by atoms with Gasteiger partial charge in [0.15, 0.2) is 0 Å². The van der Waals surface area contributed by atoms with Crippen LogP contribution in [0.5, 0.6) is 5.75 Å². The predicted molar refractivity (Wildman–Crippen MR) is 146 cm³/mol. The van der Waals surface area contributed by atoms with Crippen LogP contribution in [0.4, 0.5) is 11.6 Å². The molecule has 37 heavy (non-hydrogen) atoms. The van der Waals surface area contributed by atoms with Gasteiger partial charge in [-0.2, -0.15) is 4.98 Å². The maximum Gasteiger partial charge on any atom is 0.255 e. The van der Waals surface area contributed by atoms with Gasteiger partial charge in [0.2, 0.25) is 11.1 Å². The quantitative estimate of drug-likeness (QED) is 0.271. The van der Waals surface area contributed by atoms with E-state index in [4.69, 9.17) is 26.4 Å². The van der Waals surface area contributed by atoms with E-state index in [0.29, 0.717) is 45.4 Å². The Morgan fingerprint density at radius 3 is 2.62 bits per heavy atom. The van der Waals surface area contributed by atoms with Crippen LogP contribution < -0.4 is 15.4 Å². The van der Waals surface area contributed by atoms with Gasteiger partial charge in [0.05, 0.1) is 12.2 Å². The number of anilines is 2. The van der Waals surface area contributed by atoms with Crippen LogP contribution in [0, 0.1) is 0 Å². The Morgan fingerprint density at radius 1 is 1.14 bits per heavy atom. The van der Waals surface area contributed by atoms with Crippen molar-refractivity contribution in [2.24, 2.45) is 0 Å². The number of allylic oxidation sites excluding steroid dienone is 1. The lowest BCUT2D eigenvalue weighted by molar-refractivity contribution is -0.113. The minimum absolute atomic E-state index is 0.235. The van der Waals surface area contributed by atoms with Gasteiger partial charge in [-0.05, 0) is 55.3 Å². The topological polar surface area (TPSA) is 94.0 Å². The molecule has 3 heterocycles. The molecule has 1 aliphatic rings. The predicted octanol–water partition coefficient (Wildman–Crippen LogP) is 5.95. The standard InChI is InChI=1S/C27H25ClN6O2S/c1-3-36-21-10-8-18(9-11-21)24-23(25(35)31-20-12-14-29-15-13-20)17(2)30-26-32-27(33-34(24)26)37-16-19-6-4-5-7-22(19)28/h4-15,24H,3,16H2,1-2H3,(H,29,31,35)(H,30,32,33)/t24-/m1/s1. The second kappa shape index (κ2) is 11.1. The molecule has 2 aromatic heterocycles. The van der Waals surface area contributed by atoms with Crippen molar-refractivity contribution in [3.63, 3.8) is 0 Å². The Bertz CT molecular complexity index is 1440. The Labute approximate surface area is 224 Å². The number of hydrogen-bond donors (Lipinski definition) is 2. The van der Waals surface area contributed by atoms with Crippen LogP contribution in [0.1, 0.15) is 31.0 Å². The largest absolute Gasteiger partial charge is 0.494 e. The first kappa shape index (κ1) is 24.9. The molecule has 0 fully saturated rings. The molecule has 0 spiro atoms. The van der Waals surface area contributed by atoms with Gasteiger partial charge in [0.25, 0.3) is 5.91 Å². The van der Waals surface area contributed by atoms with Gasteiger partial charge < -0.3 is 15.4 Å². The van der Waals surface area contributed by atoms with E-state index in [-0.39, 0.29) is 5.91 Å². The molecule has 2 aromatic carbocycles. The van der Waals surface area contributed by atoms with Crippen LogP contribution in [0.15, 0.2) is 89.5 Å². The number of fused-ring (bicyclic) bond motifs is 1. The van der Waals surface area contributed by atoms with E-state index in [2.05, 4.69) is 15.6 Å². The summed E-state index contributed by atoms with van der Waals surface area (Å²) >= 11 is 7.82. The van der Waals surface area contributed by atoms with Crippen LogP contribution in [-0.4, -0.2) is 32.3 Å². The van der Waals surface area contributed by atoms with E-state index >= 15 is 0 Å². The number of hydrogen-bond acceptors (Lipinski definition) is 7. The number of nitrogens with zero attached hydrogens (tertiary/aromatic N) is 4. The molecule has 0 saturated carbocycles. The van der Waals surface area contributed by atoms with E-state index in [9.17, 15) is 4.79 Å². The number of carbonyl (C=O) groups is 1. The molecule has 0 unspecified atom stereocenters. The molecular weight excluding hydrogens is 508 g/mol. The average Bonchev–Trinajstić information content (AvgIpc) is 3.31. The number of carbonyl (C=O) groups excluding carboxylic acids is 1. The average molecular weight is 533 g/mol. The van der Waals surface area contributed by atoms with Crippen molar-refractivity contribution in [2.75, 3.05) is 17.2 Å². The molecule has 1 amide bonds. The number of rotatable bonds is 8. The summed E-state index contributed by atoms with van der Waals surface area (Å²) < 4.78 is 7.38. The van der Waals surface area contributed by atoms with Gasteiger partial charge in [0, 0.05) is 34.6 Å². The van der Waals surface area contributed by atoms with Crippen molar-refractivity contribution in [3.05, 3.63) is 100 Å². The van der Waals surface area contributed by atoms with Gasteiger partial charge >= 0.3 is 0 Å². The lowest BCUT2D eigenvalue weighted by atomic mass is 9.95. The summed E-state index contributed by atoms with van der Waals surface area (Å²) in [6.07, 6.45) is 3.27. The highest BCUT2D eigenvalue weighted by atomic mass is 35.5. The summed E-state index contributed by atoms with van der Waals surface area (Å²) in [4.78, 5) is 22.3. The number of aromatic nitrogens is 4. The zero-order valence-electron chi connectivity index (χ0n) is 20.3. The van der Waals surface area contributed by atoms with E-state index in [1.807, 2.05) is 62.4 Å². The molecular formula is C27H25ClN6O2S. The number of halogens is 1. The molecule has 188 valence electrons. The lowest BCUT2D eigenvalue weighted by Gasteiger charge is -2.28. The van der Waals surface area contributed by atoms with Crippen molar-refractivity contribution in [3.8, 4) is 5.75 Å². The third-order valence-electron chi connectivity index (χ3n) is 5.84.